The molecular formula is C26H27FN4O3. The molecule has 0 radical (unpaired) electrons. The van der Waals surface area contributed by atoms with Crippen LogP contribution < -0.4 is 16.0 Å². The number of rotatable bonds is 7. The summed E-state index contributed by atoms with van der Waals surface area (Å²) in [5.41, 5.74) is 2.68. The Balaban J connectivity index is 1.35. The predicted molar refractivity (Wildman–Crippen MR) is 129 cm³/mol. The fourth-order valence-electron chi connectivity index (χ4n) is 3.84. The van der Waals surface area contributed by atoms with Crippen LogP contribution in [0.5, 0.6) is 0 Å². The van der Waals surface area contributed by atoms with Crippen molar-refractivity contribution in [2.75, 3.05) is 43.5 Å². The second kappa shape index (κ2) is 11.4. The zero-order valence-electron chi connectivity index (χ0n) is 18.7. The van der Waals surface area contributed by atoms with Gasteiger partial charge in [-0.15, -0.1) is 0 Å². The number of carbonyl (C=O) groups excluding carboxylic acids is 2. The van der Waals surface area contributed by atoms with Crippen molar-refractivity contribution in [1.82, 2.24) is 10.2 Å². The molecular weight excluding hydrogens is 435 g/mol. The summed E-state index contributed by atoms with van der Waals surface area (Å²) in [6.45, 7) is 3.10. The van der Waals surface area contributed by atoms with Crippen LogP contribution in [0.3, 0.4) is 0 Å². The Morgan fingerprint density at radius 1 is 0.853 bits per heavy atom. The van der Waals surface area contributed by atoms with E-state index in [1.54, 1.807) is 48.5 Å². The topological polar surface area (TPSA) is 82.7 Å². The fourth-order valence-corrected chi connectivity index (χ4v) is 3.84. The zero-order valence-corrected chi connectivity index (χ0v) is 18.7. The standard InChI is InChI=1S/C26H27FN4O3/c27-21-10-6-19(7-11-21)24(31-14-16-34-17-15-31)18-28-25(32)20-8-12-23(13-9-20)30-26(33)29-22-4-2-1-3-5-22/h1-13,24H,14-18H2,(H,28,32)(H2,29,30,33)/t24-/m0/s1. The maximum Gasteiger partial charge on any atom is 0.323 e. The first-order valence-corrected chi connectivity index (χ1v) is 11.2. The first-order valence-electron chi connectivity index (χ1n) is 11.2. The van der Waals surface area contributed by atoms with Crippen LogP contribution in [0.15, 0.2) is 78.9 Å². The van der Waals surface area contributed by atoms with E-state index in [9.17, 15) is 14.0 Å². The van der Waals surface area contributed by atoms with Crippen molar-refractivity contribution in [1.29, 1.82) is 0 Å². The van der Waals surface area contributed by atoms with E-state index in [0.29, 0.717) is 36.7 Å². The molecule has 0 saturated carbocycles. The van der Waals surface area contributed by atoms with Gasteiger partial charge in [0.2, 0.25) is 0 Å². The van der Waals surface area contributed by atoms with Crippen LogP contribution in [0.4, 0.5) is 20.6 Å². The van der Waals surface area contributed by atoms with E-state index in [0.717, 1.165) is 18.7 Å². The molecule has 0 bridgehead atoms. The Kier molecular flexibility index (Phi) is 7.85. The number of hydrogen-bond donors (Lipinski definition) is 3. The maximum absolute atomic E-state index is 13.4. The average Bonchev–Trinajstić information content (AvgIpc) is 2.87. The van der Waals surface area contributed by atoms with E-state index in [1.807, 2.05) is 18.2 Å². The highest BCUT2D eigenvalue weighted by atomic mass is 19.1. The summed E-state index contributed by atoms with van der Waals surface area (Å²) in [4.78, 5) is 27.2. The van der Waals surface area contributed by atoms with Crippen molar-refractivity contribution in [3.63, 3.8) is 0 Å². The highest BCUT2D eigenvalue weighted by molar-refractivity contribution is 6.00. The van der Waals surface area contributed by atoms with E-state index in [4.69, 9.17) is 4.74 Å². The number of morpholine rings is 1. The van der Waals surface area contributed by atoms with E-state index in [2.05, 4.69) is 20.9 Å². The molecule has 4 rings (SSSR count). The molecule has 7 nitrogen and oxygen atoms in total. The Bertz CT molecular complexity index is 1090. The van der Waals surface area contributed by atoms with E-state index < -0.39 is 0 Å². The number of para-hydroxylation sites is 1. The minimum Gasteiger partial charge on any atom is -0.379 e. The largest absolute Gasteiger partial charge is 0.379 e. The number of nitrogens with one attached hydrogen (secondary N) is 3. The quantitative estimate of drug-likeness (QED) is 0.490. The first kappa shape index (κ1) is 23.4. The lowest BCUT2D eigenvalue weighted by Crippen LogP contribution is -2.43. The molecule has 3 aromatic rings. The van der Waals surface area contributed by atoms with Gasteiger partial charge in [-0.2, -0.15) is 0 Å². The normalized spacial score (nSPS) is 14.7. The second-order valence-electron chi connectivity index (χ2n) is 7.95. The molecule has 1 atom stereocenters. The van der Waals surface area contributed by atoms with Gasteiger partial charge in [0.1, 0.15) is 5.82 Å². The predicted octanol–water partition coefficient (Wildman–Crippen LogP) is 4.27. The minimum atomic E-state index is -0.365. The van der Waals surface area contributed by atoms with Crippen LogP contribution in [0.1, 0.15) is 22.0 Å². The summed E-state index contributed by atoms with van der Waals surface area (Å²) < 4.78 is 18.9. The number of nitrogens with zero attached hydrogens (tertiary/aromatic N) is 1. The monoisotopic (exact) mass is 462 g/mol. The Morgan fingerprint density at radius 3 is 2.12 bits per heavy atom. The molecule has 1 saturated heterocycles. The zero-order chi connectivity index (χ0) is 23.8. The van der Waals surface area contributed by atoms with Crippen LogP contribution in [-0.4, -0.2) is 49.7 Å². The number of anilines is 2. The average molecular weight is 463 g/mol. The molecule has 34 heavy (non-hydrogen) atoms. The highest BCUT2D eigenvalue weighted by Gasteiger charge is 2.23. The smallest absolute Gasteiger partial charge is 0.323 e. The highest BCUT2D eigenvalue weighted by Crippen LogP contribution is 2.22. The molecule has 1 heterocycles. The summed E-state index contributed by atoms with van der Waals surface area (Å²) in [7, 11) is 0. The van der Waals surface area contributed by atoms with Crippen molar-refractivity contribution in [3.05, 3.63) is 95.8 Å². The van der Waals surface area contributed by atoms with Crippen molar-refractivity contribution < 1.29 is 18.7 Å². The SMILES string of the molecule is O=C(Nc1ccccc1)Nc1ccc(C(=O)NC[C@@H](c2ccc(F)cc2)N2CCOCC2)cc1. The molecule has 3 aromatic carbocycles. The van der Waals surface area contributed by atoms with Crippen molar-refractivity contribution in [3.8, 4) is 0 Å². The third-order valence-electron chi connectivity index (χ3n) is 5.63. The van der Waals surface area contributed by atoms with E-state index in [-0.39, 0.29) is 23.8 Å². The third-order valence-corrected chi connectivity index (χ3v) is 5.63. The number of halogens is 1. The number of benzene rings is 3. The molecule has 1 aliphatic rings. The minimum absolute atomic E-state index is 0.0870. The molecule has 8 heteroatoms. The van der Waals surface area contributed by atoms with Crippen LogP contribution in [0.2, 0.25) is 0 Å². The van der Waals surface area contributed by atoms with Gasteiger partial charge in [0.15, 0.2) is 0 Å². The lowest BCUT2D eigenvalue weighted by Gasteiger charge is -2.35. The molecule has 1 fully saturated rings. The summed E-state index contributed by atoms with van der Waals surface area (Å²) >= 11 is 0. The van der Waals surface area contributed by atoms with Crippen LogP contribution >= 0.6 is 0 Å². The number of amides is 3. The fraction of sp³-hybridized carbons (Fsp3) is 0.231. The van der Waals surface area contributed by atoms with Crippen LogP contribution in [0.25, 0.3) is 0 Å². The van der Waals surface area contributed by atoms with Crippen LogP contribution in [0, 0.1) is 5.82 Å². The molecule has 0 aromatic heterocycles. The van der Waals surface area contributed by atoms with Gasteiger partial charge >= 0.3 is 6.03 Å². The molecule has 0 unspecified atom stereocenters. The van der Waals surface area contributed by atoms with Gasteiger partial charge in [-0.3, -0.25) is 9.69 Å². The second-order valence-corrected chi connectivity index (χ2v) is 7.95. The van der Waals surface area contributed by atoms with Gasteiger partial charge < -0.3 is 20.7 Å². The molecule has 0 aliphatic carbocycles. The van der Waals surface area contributed by atoms with E-state index in [1.165, 1.54) is 12.1 Å². The molecule has 3 amide bonds. The van der Waals surface area contributed by atoms with Crippen molar-refractivity contribution in [2.24, 2.45) is 0 Å². The van der Waals surface area contributed by atoms with Gasteiger partial charge in [0, 0.05) is 36.6 Å². The maximum atomic E-state index is 13.4. The summed E-state index contributed by atoms with van der Waals surface area (Å²) in [6.07, 6.45) is 0. The molecule has 1 aliphatic heterocycles. The van der Waals surface area contributed by atoms with Gasteiger partial charge in [-0.05, 0) is 54.1 Å². The number of urea groups is 1. The Labute approximate surface area is 197 Å². The van der Waals surface area contributed by atoms with Gasteiger partial charge in [-0.25, -0.2) is 9.18 Å². The van der Waals surface area contributed by atoms with Crippen LogP contribution in [-0.2, 0) is 4.74 Å². The summed E-state index contributed by atoms with van der Waals surface area (Å²) in [6, 6.07) is 21.7. The summed E-state index contributed by atoms with van der Waals surface area (Å²) in [5.74, 6) is -0.514. The van der Waals surface area contributed by atoms with Gasteiger partial charge in [0.25, 0.3) is 5.91 Å². The summed E-state index contributed by atoms with van der Waals surface area (Å²) in [5, 5.41) is 8.48. The lowest BCUT2D eigenvalue weighted by atomic mass is 10.0. The number of ether oxygens (including phenoxy) is 1. The molecule has 3 N–H and O–H groups in total. The van der Waals surface area contributed by atoms with E-state index >= 15 is 0 Å². The van der Waals surface area contributed by atoms with Crippen molar-refractivity contribution >= 4 is 23.3 Å². The lowest BCUT2D eigenvalue weighted by molar-refractivity contribution is 0.0162. The molecule has 0 spiro atoms. The number of hydrogen-bond acceptors (Lipinski definition) is 4. The van der Waals surface area contributed by atoms with Gasteiger partial charge in [0.05, 0.1) is 19.3 Å². The Morgan fingerprint density at radius 2 is 1.47 bits per heavy atom. The van der Waals surface area contributed by atoms with Crippen molar-refractivity contribution in [2.45, 2.75) is 6.04 Å². The first-order chi connectivity index (χ1) is 16.6. The number of carbonyl (C=O) groups is 2. The Hall–Kier alpha value is -3.75. The van der Waals surface area contributed by atoms with Gasteiger partial charge in [-0.1, -0.05) is 30.3 Å². The third kappa shape index (κ3) is 6.40. The molecule has 176 valence electrons.